The molecular formula is C20H25N7. The number of benzene rings is 1. The van der Waals surface area contributed by atoms with Gasteiger partial charge in [0.05, 0.1) is 17.9 Å². The van der Waals surface area contributed by atoms with Crippen LogP contribution in [0.1, 0.15) is 24.1 Å². The van der Waals surface area contributed by atoms with Gasteiger partial charge in [-0.05, 0) is 19.4 Å². The first-order valence-corrected chi connectivity index (χ1v) is 8.90. The van der Waals surface area contributed by atoms with Crippen LogP contribution in [-0.4, -0.2) is 26.3 Å². The SMILES string of the molecule is C=C(NCC)[C@@H](Nc1nc(Nc2cnn(C)c2)ncc1C)c1ccccc1. The predicted molar refractivity (Wildman–Crippen MR) is 109 cm³/mol. The summed E-state index contributed by atoms with van der Waals surface area (Å²) < 4.78 is 1.72. The summed E-state index contributed by atoms with van der Waals surface area (Å²) in [6.07, 6.45) is 5.40. The van der Waals surface area contributed by atoms with Gasteiger partial charge in [0.1, 0.15) is 5.82 Å². The van der Waals surface area contributed by atoms with Crippen molar-refractivity contribution in [3.05, 3.63) is 72.3 Å². The van der Waals surface area contributed by atoms with Crippen LogP contribution in [0, 0.1) is 6.92 Å². The van der Waals surface area contributed by atoms with Crippen molar-refractivity contribution in [1.29, 1.82) is 0 Å². The predicted octanol–water partition coefficient (Wildman–Crippen LogP) is 3.54. The maximum absolute atomic E-state index is 4.65. The topological polar surface area (TPSA) is 79.7 Å². The Bertz CT molecular complexity index is 902. The Kier molecular flexibility index (Phi) is 5.71. The molecule has 7 heteroatoms. The molecule has 3 N–H and O–H groups in total. The summed E-state index contributed by atoms with van der Waals surface area (Å²) in [5, 5.41) is 14.1. The Balaban J connectivity index is 1.86. The van der Waals surface area contributed by atoms with Gasteiger partial charge in [-0.15, -0.1) is 0 Å². The molecule has 3 aromatic rings. The molecule has 2 heterocycles. The lowest BCUT2D eigenvalue weighted by molar-refractivity contribution is 0.749. The molecule has 140 valence electrons. The van der Waals surface area contributed by atoms with Crippen LogP contribution in [0.25, 0.3) is 0 Å². The molecule has 7 nitrogen and oxygen atoms in total. The zero-order valence-corrected chi connectivity index (χ0v) is 15.9. The monoisotopic (exact) mass is 363 g/mol. The number of rotatable bonds is 8. The Morgan fingerprint density at radius 1 is 1.22 bits per heavy atom. The highest BCUT2D eigenvalue weighted by atomic mass is 15.3. The number of hydrogen-bond donors (Lipinski definition) is 3. The van der Waals surface area contributed by atoms with Crippen molar-refractivity contribution >= 4 is 17.5 Å². The van der Waals surface area contributed by atoms with Crippen LogP contribution in [0.3, 0.4) is 0 Å². The van der Waals surface area contributed by atoms with Crippen LogP contribution in [0.5, 0.6) is 0 Å². The lowest BCUT2D eigenvalue weighted by Gasteiger charge is -2.24. The van der Waals surface area contributed by atoms with E-state index >= 15 is 0 Å². The van der Waals surface area contributed by atoms with E-state index < -0.39 is 0 Å². The lowest BCUT2D eigenvalue weighted by Crippen LogP contribution is -2.24. The van der Waals surface area contributed by atoms with Crippen molar-refractivity contribution in [3.63, 3.8) is 0 Å². The Hall–Kier alpha value is -3.35. The molecule has 1 atom stereocenters. The van der Waals surface area contributed by atoms with Crippen molar-refractivity contribution in [3.8, 4) is 0 Å². The van der Waals surface area contributed by atoms with Gasteiger partial charge in [-0.2, -0.15) is 10.1 Å². The molecule has 0 saturated heterocycles. The summed E-state index contributed by atoms with van der Waals surface area (Å²) in [5.74, 6) is 1.27. The van der Waals surface area contributed by atoms with Crippen LogP contribution in [0.2, 0.25) is 0 Å². The molecule has 0 saturated carbocycles. The van der Waals surface area contributed by atoms with E-state index in [0.717, 1.165) is 34.9 Å². The molecular weight excluding hydrogens is 338 g/mol. The fourth-order valence-corrected chi connectivity index (χ4v) is 2.75. The first kappa shape index (κ1) is 18.4. The minimum Gasteiger partial charge on any atom is -0.387 e. The third-order valence-corrected chi connectivity index (χ3v) is 4.10. The molecule has 0 spiro atoms. The van der Waals surface area contributed by atoms with E-state index in [-0.39, 0.29) is 6.04 Å². The molecule has 0 fully saturated rings. The van der Waals surface area contributed by atoms with Crippen molar-refractivity contribution in [2.24, 2.45) is 7.05 Å². The van der Waals surface area contributed by atoms with Crippen molar-refractivity contribution in [2.45, 2.75) is 19.9 Å². The third-order valence-electron chi connectivity index (χ3n) is 4.10. The fraction of sp³-hybridized carbons (Fsp3) is 0.250. The van der Waals surface area contributed by atoms with Gasteiger partial charge in [0.2, 0.25) is 5.95 Å². The Morgan fingerprint density at radius 2 is 2.00 bits per heavy atom. The summed E-state index contributed by atoms with van der Waals surface area (Å²) >= 11 is 0. The molecule has 1 aromatic carbocycles. The second kappa shape index (κ2) is 8.35. The van der Waals surface area contributed by atoms with Crippen LogP contribution in [0.15, 0.2) is 61.2 Å². The standard InChI is InChI=1S/C20H25N7/c1-5-21-15(3)18(16-9-7-6-8-10-16)25-19-14(2)11-22-20(26-19)24-17-12-23-27(4)13-17/h6-13,18,21H,3,5H2,1-2,4H3,(H2,22,24,25,26)/t18-/m1/s1. The van der Waals surface area contributed by atoms with E-state index in [2.05, 4.69) is 56.7 Å². The van der Waals surface area contributed by atoms with Crippen molar-refractivity contribution in [1.82, 2.24) is 25.1 Å². The smallest absolute Gasteiger partial charge is 0.229 e. The molecule has 0 amide bonds. The van der Waals surface area contributed by atoms with E-state index in [0.29, 0.717) is 5.95 Å². The molecule has 0 unspecified atom stereocenters. The highest BCUT2D eigenvalue weighted by molar-refractivity contribution is 5.55. The molecule has 0 aliphatic carbocycles. The zero-order valence-electron chi connectivity index (χ0n) is 15.9. The molecule has 3 rings (SSSR count). The lowest BCUT2D eigenvalue weighted by atomic mass is 10.0. The van der Waals surface area contributed by atoms with Crippen LogP contribution in [0.4, 0.5) is 17.5 Å². The number of nitrogens with one attached hydrogen (secondary N) is 3. The van der Waals surface area contributed by atoms with Gasteiger partial charge in [-0.3, -0.25) is 4.68 Å². The molecule has 2 aromatic heterocycles. The number of nitrogens with zero attached hydrogens (tertiary/aromatic N) is 4. The van der Waals surface area contributed by atoms with E-state index in [9.17, 15) is 0 Å². The van der Waals surface area contributed by atoms with Gasteiger partial charge in [-0.1, -0.05) is 36.9 Å². The van der Waals surface area contributed by atoms with Crippen LogP contribution >= 0.6 is 0 Å². The summed E-state index contributed by atoms with van der Waals surface area (Å²) in [4.78, 5) is 9.01. The third kappa shape index (κ3) is 4.63. The van der Waals surface area contributed by atoms with E-state index in [4.69, 9.17) is 0 Å². The van der Waals surface area contributed by atoms with Gasteiger partial charge in [0, 0.05) is 37.2 Å². The van der Waals surface area contributed by atoms with E-state index in [1.165, 1.54) is 0 Å². The first-order chi connectivity index (χ1) is 13.1. The maximum atomic E-state index is 4.65. The van der Waals surface area contributed by atoms with Crippen molar-refractivity contribution in [2.75, 3.05) is 17.2 Å². The number of anilines is 3. The summed E-state index contributed by atoms with van der Waals surface area (Å²) in [7, 11) is 1.87. The quantitative estimate of drug-likeness (QED) is 0.568. The summed E-state index contributed by atoms with van der Waals surface area (Å²) in [6.45, 7) is 9.04. The minimum absolute atomic E-state index is 0.106. The summed E-state index contributed by atoms with van der Waals surface area (Å²) in [6, 6.07) is 10.1. The van der Waals surface area contributed by atoms with Crippen molar-refractivity contribution < 1.29 is 0 Å². The molecule has 0 aliphatic rings. The molecule has 27 heavy (non-hydrogen) atoms. The molecule has 0 radical (unpaired) electrons. The fourth-order valence-electron chi connectivity index (χ4n) is 2.75. The van der Waals surface area contributed by atoms with Gasteiger partial charge in [0.15, 0.2) is 0 Å². The maximum Gasteiger partial charge on any atom is 0.229 e. The summed E-state index contributed by atoms with van der Waals surface area (Å²) in [5.41, 5.74) is 3.80. The van der Waals surface area contributed by atoms with E-state index in [1.54, 1.807) is 17.1 Å². The first-order valence-electron chi connectivity index (χ1n) is 8.90. The van der Waals surface area contributed by atoms with Gasteiger partial charge >= 0.3 is 0 Å². The van der Waals surface area contributed by atoms with Gasteiger partial charge in [0.25, 0.3) is 0 Å². The van der Waals surface area contributed by atoms with E-state index in [1.807, 2.05) is 38.4 Å². The Morgan fingerprint density at radius 3 is 2.67 bits per heavy atom. The average molecular weight is 363 g/mol. The second-order valence-corrected chi connectivity index (χ2v) is 6.30. The Labute approximate surface area is 159 Å². The molecule has 0 bridgehead atoms. The van der Waals surface area contributed by atoms with Gasteiger partial charge < -0.3 is 16.0 Å². The average Bonchev–Trinajstić information content (AvgIpc) is 3.07. The minimum atomic E-state index is -0.106. The van der Waals surface area contributed by atoms with Gasteiger partial charge in [-0.25, -0.2) is 4.98 Å². The number of hydrogen-bond acceptors (Lipinski definition) is 6. The zero-order chi connectivity index (χ0) is 19.2. The highest BCUT2D eigenvalue weighted by Gasteiger charge is 2.17. The highest BCUT2D eigenvalue weighted by Crippen LogP contribution is 2.26. The van der Waals surface area contributed by atoms with Crippen LogP contribution in [-0.2, 0) is 7.05 Å². The largest absolute Gasteiger partial charge is 0.387 e. The second-order valence-electron chi connectivity index (χ2n) is 6.30. The van der Waals surface area contributed by atoms with Crippen LogP contribution < -0.4 is 16.0 Å². The number of aryl methyl sites for hydroxylation is 2. The molecule has 0 aliphatic heterocycles. The number of likely N-dealkylation sites (N-methyl/N-ethyl adjacent to an activating group) is 1. The number of aromatic nitrogens is 4. The normalized spacial score (nSPS) is 11.7.